The van der Waals surface area contributed by atoms with Crippen LogP contribution >= 0.6 is 11.3 Å². The van der Waals surface area contributed by atoms with Gasteiger partial charge in [-0.15, -0.1) is 59.7 Å². The van der Waals surface area contributed by atoms with Gasteiger partial charge in [0.15, 0.2) is 0 Å². The summed E-state index contributed by atoms with van der Waals surface area (Å²) in [6.45, 7) is 2.17. The Labute approximate surface area is 211 Å². The van der Waals surface area contributed by atoms with Gasteiger partial charge in [0.2, 0.25) is 0 Å². The predicted octanol–water partition coefficient (Wildman–Crippen LogP) is 7.77. The maximum atomic E-state index is 4.47. The number of aromatic nitrogens is 2. The first kappa shape index (κ1) is 23.0. The van der Waals surface area contributed by atoms with Crippen molar-refractivity contribution < 1.29 is 20.1 Å². The Morgan fingerprint density at radius 2 is 1.45 bits per heavy atom. The smallest absolute Gasteiger partial charge is 0.0242 e. The Morgan fingerprint density at radius 1 is 0.697 bits per heavy atom. The van der Waals surface area contributed by atoms with Gasteiger partial charge in [0.1, 0.15) is 0 Å². The van der Waals surface area contributed by atoms with E-state index in [1.807, 2.05) is 84.3 Å². The molecule has 0 fully saturated rings. The van der Waals surface area contributed by atoms with E-state index in [2.05, 4.69) is 53.3 Å². The number of aryl methyl sites for hydroxylation is 1. The van der Waals surface area contributed by atoms with Crippen molar-refractivity contribution in [2.24, 2.45) is 0 Å². The van der Waals surface area contributed by atoms with Gasteiger partial charge in [-0.3, -0.25) is 0 Å². The van der Waals surface area contributed by atoms with Gasteiger partial charge in [-0.25, -0.2) is 0 Å². The van der Waals surface area contributed by atoms with Gasteiger partial charge >= 0.3 is 0 Å². The van der Waals surface area contributed by atoms with E-state index in [1.54, 1.807) is 6.20 Å². The molecule has 0 amide bonds. The first-order valence-electron chi connectivity index (χ1n) is 10.4. The molecule has 0 N–H and O–H groups in total. The van der Waals surface area contributed by atoms with Crippen molar-refractivity contribution in [3.8, 4) is 22.5 Å². The van der Waals surface area contributed by atoms with Gasteiger partial charge < -0.3 is 9.97 Å². The number of benzene rings is 3. The van der Waals surface area contributed by atoms with Crippen molar-refractivity contribution in [2.75, 3.05) is 0 Å². The normalized spacial score (nSPS) is 10.3. The van der Waals surface area contributed by atoms with Gasteiger partial charge in [0.25, 0.3) is 0 Å². The molecule has 6 rings (SSSR count). The summed E-state index contributed by atoms with van der Waals surface area (Å²) < 4.78 is 2.60. The Hall–Kier alpha value is -3.17. The van der Waals surface area contributed by atoms with Crippen molar-refractivity contribution in [2.45, 2.75) is 6.92 Å². The fourth-order valence-electron chi connectivity index (χ4n) is 3.74. The van der Waals surface area contributed by atoms with Crippen LogP contribution in [0.15, 0.2) is 103 Å². The molecule has 3 aromatic carbocycles. The molecule has 0 aliphatic heterocycles. The Bertz CT molecular complexity index is 1430. The second-order valence-corrected chi connectivity index (χ2v) is 8.40. The van der Waals surface area contributed by atoms with Gasteiger partial charge in [-0.2, -0.15) is 11.3 Å². The molecule has 163 valence electrons. The van der Waals surface area contributed by atoms with Crippen LogP contribution in [0.3, 0.4) is 0 Å². The number of fused-ring (bicyclic) bond motifs is 3. The summed E-state index contributed by atoms with van der Waals surface area (Å²) in [5.41, 5.74) is 5.43. The minimum Gasteiger partial charge on any atom is -0.305 e. The Balaban J connectivity index is 0.000000172. The van der Waals surface area contributed by atoms with Crippen molar-refractivity contribution in [3.63, 3.8) is 0 Å². The minimum absolute atomic E-state index is 0. The van der Waals surface area contributed by atoms with Crippen LogP contribution in [0.1, 0.15) is 5.56 Å². The molecule has 0 saturated carbocycles. The topological polar surface area (TPSA) is 25.8 Å². The summed E-state index contributed by atoms with van der Waals surface area (Å²) in [6.07, 6.45) is 3.62. The van der Waals surface area contributed by atoms with Crippen LogP contribution in [0.2, 0.25) is 0 Å². The zero-order valence-corrected chi connectivity index (χ0v) is 21.2. The summed E-state index contributed by atoms with van der Waals surface area (Å²) in [7, 11) is 0. The first-order valence-corrected chi connectivity index (χ1v) is 11.2. The molecule has 2 nitrogen and oxygen atoms in total. The zero-order valence-electron chi connectivity index (χ0n) is 18.0. The fraction of sp³-hybridized carbons (Fsp3) is 0.0345. The SMILES string of the molecule is Cc1cccc2sc3c(-c4ccccn4)[c-]ccc3c12.[Ir].[c-]1ccccc1-c1ccccn1. The number of pyridine rings is 2. The quantitative estimate of drug-likeness (QED) is 0.185. The van der Waals surface area contributed by atoms with E-state index >= 15 is 0 Å². The molecule has 4 heteroatoms. The molecule has 3 heterocycles. The van der Waals surface area contributed by atoms with E-state index in [9.17, 15) is 0 Å². The van der Waals surface area contributed by atoms with E-state index in [1.165, 1.54) is 25.7 Å². The number of nitrogens with zero attached hydrogens (tertiary/aromatic N) is 2. The molecule has 33 heavy (non-hydrogen) atoms. The van der Waals surface area contributed by atoms with E-state index in [-0.39, 0.29) is 20.1 Å². The number of hydrogen-bond acceptors (Lipinski definition) is 3. The Kier molecular flexibility index (Phi) is 7.41. The summed E-state index contributed by atoms with van der Waals surface area (Å²) in [6, 6.07) is 36.8. The second-order valence-electron chi connectivity index (χ2n) is 7.35. The van der Waals surface area contributed by atoms with Crippen LogP contribution in [0.25, 0.3) is 42.7 Å². The fourth-order valence-corrected chi connectivity index (χ4v) is 5.03. The molecular weight excluding hydrogens is 601 g/mol. The molecule has 1 radical (unpaired) electrons. The molecule has 0 aliphatic carbocycles. The van der Waals surface area contributed by atoms with Crippen LogP contribution in [-0.2, 0) is 20.1 Å². The van der Waals surface area contributed by atoms with Crippen LogP contribution < -0.4 is 0 Å². The van der Waals surface area contributed by atoms with E-state index < -0.39 is 0 Å². The van der Waals surface area contributed by atoms with Crippen LogP contribution in [0.5, 0.6) is 0 Å². The van der Waals surface area contributed by atoms with Crippen molar-refractivity contribution in [1.29, 1.82) is 0 Å². The monoisotopic (exact) mass is 621 g/mol. The van der Waals surface area contributed by atoms with Gasteiger partial charge in [0, 0.05) is 37.2 Å². The third kappa shape index (κ3) is 4.94. The van der Waals surface area contributed by atoms with E-state index in [0.717, 1.165) is 22.5 Å². The summed E-state index contributed by atoms with van der Waals surface area (Å²) >= 11 is 1.83. The van der Waals surface area contributed by atoms with Crippen LogP contribution in [0.4, 0.5) is 0 Å². The molecule has 0 saturated heterocycles. The number of thiophene rings is 1. The zero-order chi connectivity index (χ0) is 21.8. The summed E-state index contributed by atoms with van der Waals surface area (Å²) in [4.78, 5) is 8.68. The summed E-state index contributed by atoms with van der Waals surface area (Å²) in [5.74, 6) is 0. The van der Waals surface area contributed by atoms with E-state index in [4.69, 9.17) is 0 Å². The maximum absolute atomic E-state index is 4.47. The molecule has 0 unspecified atom stereocenters. The average Bonchev–Trinajstić information content (AvgIpc) is 3.26. The summed E-state index contributed by atoms with van der Waals surface area (Å²) in [5, 5.41) is 2.67. The first-order chi connectivity index (χ1) is 15.8. The molecule has 0 atom stereocenters. The molecule has 0 bridgehead atoms. The minimum atomic E-state index is 0. The van der Waals surface area contributed by atoms with Crippen molar-refractivity contribution >= 4 is 31.5 Å². The van der Waals surface area contributed by atoms with Crippen molar-refractivity contribution in [1.82, 2.24) is 9.97 Å². The molecule has 3 aromatic heterocycles. The third-order valence-corrected chi connectivity index (χ3v) is 6.42. The molecule has 0 spiro atoms. The maximum Gasteiger partial charge on any atom is 0.0242 e. The van der Waals surface area contributed by atoms with Gasteiger partial charge in [-0.05, 0) is 52.2 Å². The average molecular weight is 621 g/mol. The molecular formula is C29H20IrN2S-2. The Morgan fingerprint density at radius 3 is 2.15 bits per heavy atom. The van der Waals surface area contributed by atoms with Crippen LogP contribution in [-0.4, -0.2) is 9.97 Å². The molecule has 0 aliphatic rings. The number of hydrogen-bond donors (Lipinski definition) is 0. The number of rotatable bonds is 2. The largest absolute Gasteiger partial charge is 0.305 e. The van der Waals surface area contributed by atoms with Crippen LogP contribution in [0, 0.1) is 19.1 Å². The second kappa shape index (κ2) is 10.6. The van der Waals surface area contributed by atoms with Gasteiger partial charge in [-0.1, -0.05) is 41.8 Å². The molecule has 6 aromatic rings. The van der Waals surface area contributed by atoms with Gasteiger partial charge in [0.05, 0.1) is 0 Å². The standard InChI is InChI=1S/C18H12NS.C11H8N.Ir/c1-12-6-4-10-16-17(12)14-8-5-7-13(18(14)20-16)15-9-2-3-11-19-15;1-2-6-10(7-3-1)11-8-4-5-9-12-11;/h2-6,8-11H,1H3;1-6,8-9H;/q2*-1;. The predicted molar refractivity (Wildman–Crippen MR) is 135 cm³/mol. The third-order valence-electron chi connectivity index (χ3n) is 5.24. The van der Waals surface area contributed by atoms with E-state index in [0.29, 0.717) is 0 Å². The van der Waals surface area contributed by atoms with Crippen molar-refractivity contribution in [3.05, 3.63) is 121 Å².